The summed E-state index contributed by atoms with van der Waals surface area (Å²) in [5, 5.41) is 22.7. The predicted molar refractivity (Wildman–Crippen MR) is 109 cm³/mol. The van der Waals surface area contributed by atoms with Crippen LogP contribution < -0.4 is 4.90 Å². The van der Waals surface area contributed by atoms with Gasteiger partial charge in [-0.1, -0.05) is 49.3 Å². The highest BCUT2D eigenvalue weighted by Gasteiger charge is 2.28. The molecule has 0 atom stereocenters. The van der Waals surface area contributed by atoms with E-state index < -0.39 is 0 Å². The summed E-state index contributed by atoms with van der Waals surface area (Å²) in [5.41, 5.74) is 3.56. The highest BCUT2D eigenvalue weighted by Crippen LogP contribution is 2.32. The molecule has 0 bridgehead atoms. The number of aromatic nitrogens is 4. The molecule has 0 N–H and O–H groups in total. The largest absolute Gasteiger partial charge is 0.354 e. The number of nitriles is 1. The lowest BCUT2D eigenvalue weighted by Gasteiger charge is -2.31. The fourth-order valence-corrected chi connectivity index (χ4v) is 3.94. The van der Waals surface area contributed by atoms with E-state index in [9.17, 15) is 5.26 Å². The van der Waals surface area contributed by atoms with Crippen LogP contribution in [0.4, 0.5) is 5.82 Å². The van der Waals surface area contributed by atoms with Crippen LogP contribution >= 0.6 is 0 Å². The molecule has 0 unspecified atom stereocenters. The van der Waals surface area contributed by atoms with Crippen LogP contribution in [0.5, 0.6) is 0 Å². The molecule has 2 aromatic heterocycles. The standard InChI is InChI=1S/C22H24N6O/c1-3-17-18(14-23)21(26-25-19(17)4-2)28-12-10-16(11-13-28)22-24-20(27-29-22)15-8-6-5-7-9-15/h5-9,16H,3-4,10-13H2,1-2H3. The normalized spacial score (nSPS) is 14.7. The number of hydrogen-bond acceptors (Lipinski definition) is 7. The van der Waals surface area contributed by atoms with E-state index in [4.69, 9.17) is 4.52 Å². The van der Waals surface area contributed by atoms with Crippen molar-refractivity contribution in [1.82, 2.24) is 20.3 Å². The Balaban J connectivity index is 1.49. The van der Waals surface area contributed by atoms with Gasteiger partial charge in [0.1, 0.15) is 11.6 Å². The number of hydrogen-bond donors (Lipinski definition) is 0. The number of nitrogens with zero attached hydrogens (tertiary/aromatic N) is 6. The topological polar surface area (TPSA) is 91.7 Å². The zero-order valence-electron chi connectivity index (χ0n) is 16.8. The summed E-state index contributed by atoms with van der Waals surface area (Å²) in [4.78, 5) is 6.77. The Bertz CT molecular complexity index is 1020. The van der Waals surface area contributed by atoms with Crippen LogP contribution in [-0.4, -0.2) is 33.4 Å². The molecule has 148 valence electrons. The quantitative estimate of drug-likeness (QED) is 0.654. The van der Waals surface area contributed by atoms with Gasteiger partial charge in [0.15, 0.2) is 5.82 Å². The zero-order chi connectivity index (χ0) is 20.2. The Morgan fingerprint density at radius 3 is 2.52 bits per heavy atom. The van der Waals surface area contributed by atoms with Gasteiger partial charge >= 0.3 is 0 Å². The Hall–Kier alpha value is -3.27. The maximum Gasteiger partial charge on any atom is 0.230 e. The van der Waals surface area contributed by atoms with Crippen LogP contribution in [0.2, 0.25) is 0 Å². The van der Waals surface area contributed by atoms with E-state index >= 15 is 0 Å². The van der Waals surface area contributed by atoms with Crippen LogP contribution in [0.1, 0.15) is 55.3 Å². The molecular weight excluding hydrogens is 364 g/mol. The minimum absolute atomic E-state index is 0.218. The van der Waals surface area contributed by atoms with Crippen LogP contribution in [0, 0.1) is 11.3 Å². The Kier molecular flexibility index (Phi) is 5.52. The number of aryl methyl sites for hydroxylation is 1. The molecule has 4 rings (SSSR count). The SMILES string of the molecule is CCc1nnc(N2CCC(c3nc(-c4ccccc4)no3)CC2)c(C#N)c1CC. The first-order valence-electron chi connectivity index (χ1n) is 10.2. The first-order chi connectivity index (χ1) is 14.2. The van der Waals surface area contributed by atoms with Gasteiger partial charge in [-0.25, -0.2) is 0 Å². The van der Waals surface area contributed by atoms with E-state index in [1.807, 2.05) is 37.3 Å². The molecule has 0 spiro atoms. The van der Waals surface area contributed by atoms with E-state index in [1.165, 1.54) is 0 Å². The third-order valence-corrected chi connectivity index (χ3v) is 5.56. The summed E-state index contributed by atoms with van der Waals surface area (Å²) in [5.74, 6) is 2.24. The Labute approximate surface area is 170 Å². The molecule has 1 fully saturated rings. The highest BCUT2D eigenvalue weighted by atomic mass is 16.5. The van der Waals surface area contributed by atoms with Crippen molar-refractivity contribution in [2.45, 2.75) is 45.4 Å². The monoisotopic (exact) mass is 388 g/mol. The van der Waals surface area contributed by atoms with Crippen molar-refractivity contribution in [3.8, 4) is 17.5 Å². The average molecular weight is 388 g/mol. The van der Waals surface area contributed by atoms with Crippen LogP contribution in [0.3, 0.4) is 0 Å². The molecule has 3 heterocycles. The third kappa shape index (κ3) is 3.70. The lowest BCUT2D eigenvalue weighted by atomic mass is 9.96. The fraction of sp³-hybridized carbons (Fsp3) is 0.409. The molecule has 29 heavy (non-hydrogen) atoms. The van der Waals surface area contributed by atoms with Gasteiger partial charge in [-0.2, -0.15) is 15.3 Å². The van der Waals surface area contributed by atoms with E-state index in [2.05, 4.69) is 38.2 Å². The first-order valence-corrected chi connectivity index (χ1v) is 10.2. The van der Waals surface area contributed by atoms with E-state index in [-0.39, 0.29) is 5.92 Å². The predicted octanol–water partition coefficient (Wildman–Crippen LogP) is 3.91. The van der Waals surface area contributed by atoms with E-state index in [1.54, 1.807) is 0 Å². The van der Waals surface area contributed by atoms with Gasteiger partial charge in [-0.05, 0) is 31.2 Å². The minimum Gasteiger partial charge on any atom is -0.354 e. The van der Waals surface area contributed by atoms with Crippen LogP contribution in [-0.2, 0) is 12.8 Å². The lowest BCUT2D eigenvalue weighted by Crippen LogP contribution is -2.34. The Morgan fingerprint density at radius 1 is 1.10 bits per heavy atom. The average Bonchev–Trinajstić information content (AvgIpc) is 3.29. The number of piperidine rings is 1. The van der Waals surface area contributed by atoms with Gasteiger partial charge < -0.3 is 9.42 Å². The molecule has 0 radical (unpaired) electrons. The molecule has 0 aliphatic carbocycles. The maximum atomic E-state index is 9.74. The highest BCUT2D eigenvalue weighted by molar-refractivity contribution is 5.58. The van der Waals surface area contributed by atoms with Crippen molar-refractivity contribution >= 4 is 5.82 Å². The maximum absolute atomic E-state index is 9.74. The first kappa shape index (κ1) is 19.1. The van der Waals surface area contributed by atoms with Gasteiger partial charge in [-0.15, -0.1) is 5.10 Å². The molecule has 7 heteroatoms. The molecule has 1 aliphatic heterocycles. The molecule has 1 aromatic carbocycles. The van der Waals surface area contributed by atoms with E-state index in [0.717, 1.165) is 55.6 Å². The third-order valence-electron chi connectivity index (χ3n) is 5.56. The molecule has 1 saturated heterocycles. The van der Waals surface area contributed by atoms with Gasteiger partial charge in [0, 0.05) is 24.6 Å². The minimum atomic E-state index is 0.218. The van der Waals surface area contributed by atoms with Gasteiger partial charge in [-0.3, -0.25) is 0 Å². The molecule has 0 amide bonds. The van der Waals surface area contributed by atoms with Crippen molar-refractivity contribution < 1.29 is 4.52 Å². The van der Waals surface area contributed by atoms with Crippen molar-refractivity contribution in [3.63, 3.8) is 0 Å². The van der Waals surface area contributed by atoms with Gasteiger partial charge in [0.25, 0.3) is 0 Å². The second-order valence-corrected chi connectivity index (χ2v) is 7.23. The molecular formula is C22H24N6O. The molecule has 1 aliphatic rings. The number of benzene rings is 1. The summed E-state index contributed by atoms with van der Waals surface area (Å²) >= 11 is 0. The van der Waals surface area contributed by atoms with E-state index in [0.29, 0.717) is 23.1 Å². The van der Waals surface area contributed by atoms with Crippen molar-refractivity contribution in [3.05, 3.63) is 53.0 Å². The summed E-state index contributed by atoms with van der Waals surface area (Å²) in [6.07, 6.45) is 3.32. The summed E-state index contributed by atoms with van der Waals surface area (Å²) < 4.78 is 5.55. The molecule has 0 saturated carbocycles. The van der Waals surface area contributed by atoms with Crippen molar-refractivity contribution in [1.29, 1.82) is 5.26 Å². The summed E-state index contributed by atoms with van der Waals surface area (Å²) in [6.45, 7) is 5.67. The molecule has 7 nitrogen and oxygen atoms in total. The number of rotatable bonds is 5. The van der Waals surface area contributed by atoms with Gasteiger partial charge in [0.05, 0.1) is 5.69 Å². The Morgan fingerprint density at radius 2 is 1.86 bits per heavy atom. The second kappa shape index (κ2) is 8.39. The number of anilines is 1. The summed E-state index contributed by atoms with van der Waals surface area (Å²) in [6, 6.07) is 12.2. The van der Waals surface area contributed by atoms with Crippen molar-refractivity contribution in [2.24, 2.45) is 0 Å². The molecule has 3 aromatic rings. The smallest absolute Gasteiger partial charge is 0.230 e. The lowest BCUT2D eigenvalue weighted by molar-refractivity contribution is 0.329. The van der Waals surface area contributed by atoms with Crippen LogP contribution in [0.15, 0.2) is 34.9 Å². The summed E-state index contributed by atoms with van der Waals surface area (Å²) in [7, 11) is 0. The van der Waals surface area contributed by atoms with Gasteiger partial charge in [0.2, 0.25) is 11.7 Å². The van der Waals surface area contributed by atoms with Crippen molar-refractivity contribution in [2.75, 3.05) is 18.0 Å². The second-order valence-electron chi connectivity index (χ2n) is 7.23. The fourth-order valence-electron chi connectivity index (χ4n) is 3.94. The van der Waals surface area contributed by atoms with Crippen LogP contribution in [0.25, 0.3) is 11.4 Å². The zero-order valence-corrected chi connectivity index (χ0v) is 16.8.